The van der Waals surface area contributed by atoms with Crippen molar-refractivity contribution in [2.24, 2.45) is 0 Å². The molecular formula is C18H21N5S. The first kappa shape index (κ1) is 16.4. The molecule has 0 atom stereocenters. The van der Waals surface area contributed by atoms with Gasteiger partial charge in [0.2, 0.25) is 0 Å². The second-order valence-electron chi connectivity index (χ2n) is 6.77. The third-order valence-corrected chi connectivity index (χ3v) is 4.61. The van der Waals surface area contributed by atoms with Gasteiger partial charge in [-0.25, -0.2) is 9.97 Å². The van der Waals surface area contributed by atoms with E-state index in [9.17, 15) is 0 Å². The Hall–Kier alpha value is -2.47. The van der Waals surface area contributed by atoms with E-state index in [4.69, 9.17) is 11.1 Å². The predicted molar refractivity (Wildman–Crippen MR) is 102 cm³/mol. The zero-order valence-corrected chi connectivity index (χ0v) is 14.9. The molecule has 0 aliphatic heterocycles. The monoisotopic (exact) mass is 339 g/mol. The largest absolute Gasteiger partial charge is 0.383 e. The molecule has 0 saturated heterocycles. The Balaban J connectivity index is 1.95. The van der Waals surface area contributed by atoms with Gasteiger partial charge in [-0.1, -0.05) is 18.2 Å². The number of hydrogen-bond acceptors (Lipinski definition) is 6. The molecule has 6 heteroatoms. The van der Waals surface area contributed by atoms with Gasteiger partial charge in [0.1, 0.15) is 18.0 Å². The van der Waals surface area contributed by atoms with Crippen molar-refractivity contribution in [2.45, 2.75) is 32.7 Å². The minimum Gasteiger partial charge on any atom is -0.383 e. The van der Waals surface area contributed by atoms with E-state index in [1.54, 1.807) is 11.3 Å². The maximum absolute atomic E-state index is 8.58. The highest BCUT2D eigenvalue weighted by atomic mass is 32.1. The number of benzene rings is 1. The molecule has 0 fully saturated rings. The molecule has 0 unspecified atom stereocenters. The van der Waals surface area contributed by atoms with E-state index in [0.29, 0.717) is 29.3 Å². The molecule has 2 aromatic heterocycles. The van der Waals surface area contributed by atoms with Crippen LogP contribution in [0.4, 0.5) is 11.6 Å². The zero-order chi connectivity index (χ0) is 17.3. The molecule has 0 spiro atoms. The number of nitrogen functional groups attached to an aromatic ring is 1. The molecule has 0 aliphatic carbocycles. The van der Waals surface area contributed by atoms with Crippen molar-refractivity contribution in [3.8, 4) is 0 Å². The van der Waals surface area contributed by atoms with Crippen LogP contribution in [0.1, 0.15) is 31.9 Å². The van der Waals surface area contributed by atoms with Crippen LogP contribution in [0.2, 0.25) is 0 Å². The van der Waals surface area contributed by atoms with Crippen LogP contribution in [-0.2, 0) is 6.42 Å². The Labute approximate surface area is 145 Å². The molecule has 5 nitrogen and oxygen atoms in total. The molecule has 0 saturated carbocycles. The van der Waals surface area contributed by atoms with Gasteiger partial charge in [-0.05, 0) is 43.2 Å². The lowest BCUT2D eigenvalue weighted by molar-refractivity contribution is 0.630. The smallest absolute Gasteiger partial charge is 0.141 e. The van der Waals surface area contributed by atoms with E-state index in [-0.39, 0.29) is 5.54 Å². The predicted octanol–water partition coefficient (Wildman–Crippen LogP) is 4.09. The summed E-state index contributed by atoms with van der Waals surface area (Å²) in [7, 11) is 0. The van der Waals surface area contributed by atoms with Crippen LogP contribution in [-0.4, -0.2) is 21.2 Å². The number of aromatic nitrogens is 2. The number of nitrogens with one attached hydrogen (secondary N) is 2. The van der Waals surface area contributed by atoms with Gasteiger partial charge in [0.05, 0.1) is 11.3 Å². The van der Waals surface area contributed by atoms with Crippen molar-refractivity contribution in [2.75, 3.05) is 11.1 Å². The maximum atomic E-state index is 8.58. The van der Waals surface area contributed by atoms with Gasteiger partial charge in [0.25, 0.3) is 0 Å². The van der Waals surface area contributed by atoms with E-state index in [1.165, 1.54) is 16.4 Å². The first-order chi connectivity index (χ1) is 11.3. The Morgan fingerprint density at radius 2 is 2.00 bits per heavy atom. The fraction of sp³-hybridized carbons (Fsp3) is 0.278. The normalized spacial score (nSPS) is 11.6. The van der Waals surface area contributed by atoms with Gasteiger partial charge >= 0.3 is 0 Å². The average molecular weight is 339 g/mol. The molecule has 3 aromatic rings. The lowest BCUT2D eigenvalue weighted by atomic mass is 10.0. The summed E-state index contributed by atoms with van der Waals surface area (Å²) >= 11 is 1.69. The van der Waals surface area contributed by atoms with Crippen LogP contribution in [0.15, 0.2) is 36.0 Å². The first-order valence-corrected chi connectivity index (χ1v) is 8.64. The Morgan fingerprint density at radius 1 is 1.25 bits per heavy atom. The van der Waals surface area contributed by atoms with Crippen LogP contribution in [0.3, 0.4) is 0 Å². The molecule has 0 aliphatic rings. The number of rotatable bonds is 4. The number of hydrogen-bond donors (Lipinski definition) is 3. The van der Waals surface area contributed by atoms with Gasteiger partial charge in [-0.3, -0.25) is 0 Å². The molecule has 4 N–H and O–H groups in total. The average Bonchev–Trinajstić information content (AvgIpc) is 2.89. The van der Waals surface area contributed by atoms with Gasteiger partial charge in [0, 0.05) is 16.7 Å². The highest BCUT2D eigenvalue weighted by Gasteiger charge is 2.20. The highest BCUT2D eigenvalue weighted by Crippen LogP contribution is 2.28. The molecule has 0 bridgehead atoms. The number of nitrogens with two attached hydrogens (primary N) is 1. The van der Waals surface area contributed by atoms with E-state index >= 15 is 0 Å². The second kappa shape index (κ2) is 6.20. The first-order valence-electron chi connectivity index (χ1n) is 7.77. The van der Waals surface area contributed by atoms with Crippen LogP contribution in [0.25, 0.3) is 10.1 Å². The van der Waals surface area contributed by atoms with Crippen molar-refractivity contribution in [1.29, 1.82) is 5.41 Å². The van der Waals surface area contributed by atoms with Crippen molar-refractivity contribution < 1.29 is 0 Å². The van der Waals surface area contributed by atoms with Gasteiger partial charge in [-0.2, -0.15) is 0 Å². The number of fused-ring (bicyclic) bond motifs is 1. The lowest BCUT2D eigenvalue weighted by Crippen LogP contribution is -2.28. The molecular weight excluding hydrogens is 318 g/mol. The molecule has 1 aromatic carbocycles. The molecule has 124 valence electrons. The highest BCUT2D eigenvalue weighted by molar-refractivity contribution is 7.17. The molecule has 0 radical (unpaired) electrons. The summed E-state index contributed by atoms with van der Waals surface area (Å²) < 4.78 is 1.23. The van der Waals surface area contributed by atoms with E-state index < -0.39 is 0 Å². The van der Waals surface area contributed by atoms with Crippen molar-refractivity contribution in [3.05, 3.63) is 47.1 Å². The SMILES string of the molecule is CC(C)(C)Nc1ncnc(N)c1C(=N)Cc1csc2ccccc12. The minimum atomic E-state index is -0.176. The Bertz CT molecular complexity index is 892. The quantitative estimate of drug-likeness (QED) is 0.625. The van der Waals surface area contributed by atoms with Crippen LogP contribution >= 0.6 is 11.3 Å². The third-order valence-electron chi connectivity index (χ3n) is 3.60. The van der Waals surface area contributed by atoms with E-state index in [0.717, 1.165) is 5.56 Å². The zero-order valence-electron chi connectivity index (χ0n) is 14.1. The minimum absolute atomic E-state index is 0.176. The number of anilines is 2. The van der Waals surface area contributed by atoms with Crippen molar-refractivity contribution >= 4 is 38.8 Å². The second-order valence-corrected chi connectivity index (χ2v) is 7.68. The molecule has 3 rings (SSSR count). The van der Waals surface area contributed by atoms with Crippen molar-refractivity contribution in [1.82, 2.24) is 9.97 Å². The summed E-state index contributed by atoms with van der Waals surface area (Å²) in [6, 6.07) is 8.24. The standard InChI is InChI=1S/C18H21N5S/c1-18(2,3)23-17-15(16(20)21-10-22-17)13(19)8-11-9-24-14-7-5-4-6-12(11)14/h4-7,9-10,19H,8H2,1-3H3,(H3,20,21,22,23). The summed E-state index contributed by atoms with van der Waals surface area (Å²) in [4.78, 5) is 8.37. The molecule has 2 heterocycles. The molecule has 24 heavy (non-hydrogen) atoms. The summed E-state index contributed by atoms with van der Waals surface area (Å²) in [6.45, 7) is 6.14. The Morgan fingerprint density at radius 3 is 2.75 bits per heavy atom. The fourth-order valence-corrected chi connectivity index (χ4v) is 3.56. The van der Waals surface area contributed by atoms with E-state index in [2.05, 4.69) is 32.8 Å². The Kier molecular flexibility index (Phi) is 4.24. The number of thiophene rings is 1. The van der Waals surface area contributed by atoms with Crippen LogP contribution in [0.5, 0.6) is 0 Å². The third kappa shape index (κ3) is 3.38. The van der Waals surface area contributed by atoms with Crippen molar-refractivity contribution in [3.63, 3.8) is 0 Å². The van der Waals surface area contributed by atoms with Gasteiger partial charge < -0.3 is 16.5 Å². The lowest BCUT2D eigenvalue weighted by Gasteiger charge is -2.23. The fourth-order valence-electron chi connectivity index (χ4n) is 2.60. The topological polar surface area (TPSA) is 87.7 Å². The molecule has 0 amide bonds. The van der Waals surface area contributed by atoms with Gasteiger partial charge in [0.15, 0.2) is 0 Å². The maximum Gasteiger partial charge on any atom is 0.141 e. The summed E-state index contributed by atoms with van der Waals surface area (Å²) in [5.74, 6) is 0.945. The van der Waals surface area contributed by atoms with E-state index in [1.807, 2.05) is 32.9 Å². The summed E-state index contributed by atoms with van der Waals surface area (Å²) in [6.07, 6.45) is 1.93. The summed E-state index contributed by atoms with van der Waals surface area (Å²) in [5, 5.41) is 15.2. The summed E-state index contributed by atoms with van der Waals surface area (Å²) in [5.41, 5.74) is 8.01. The van der Waals surface area contributed by atoms with Crippen LogP contribution < -0.4 is 11.1 Å². The number of nitrogens with zero attached hydrogens (tertiary/aromatic N) is 2. The van der Waals surface area contributed by atoms with Gasteiger partial charge in [-0.15, -0.1) is 11.3 Å². The van der Waals surface area contributed by atoms with Crippen LogP contribution in [0, 0.1) is 5.41 Å².